The van der Waals surface area contributed by atoms with Crippen LogP contribution in [0.25, 0.3) is 27.9 Å². The van der Waals surface area contributed by atoms with Gasteiger partial charge in [-0.05, 0) is 38.5 Å². The lowest BCUT2D eigenvalue weighted by Crippen LogP contribution is -2.43. The van der Waals surface area contributed by atoms with Gasteiger partial charge >= 0.3 is 5.63 Å². The molecule has 3 aromatic heterocycles. The van der Waals surface area contributed by atoms with Gasteiger partial charge in [0, 0.05) is 54.7 Å². The predicted molar refractivity (Wildman–Crippen MR) is 111 cm³/mol. The minimum atomic E-state index is -0.370. The van der Waals surface area contributed by atoms with Gasteiger partial charge in [-0.2, -0.15) is 0 Å². The summed E-state index contributed by atoms with van der Waals surface area (Å²) >= 11 is 0. The van der Waals surface area contributed by atoms with E-state index in [9.17, 15) is 4.79 Å². The van der Waals surface area contributed by atoms with E-state index in [-0.39, 0.29) is 5.63 Å². The standard InChI is InChI=1S/C22H21N5O2/c1-12-9-26-11-19(25-21(26)13(2)24-12)18-5-14-3-4-16(7-20(14)29-22(18)28)27-10-15-6-17(27)8-23-15/h3-5,7,9,11,15,17,23H,6,8,10H2,1-2H3/t15-,17-/m0/s1. The van der Waals surface area contributed by atoms with Crippen molar-refractivity contribution in [2.24, 2.45) is 0 Å². The Labute approximate surface area is 167 Å². The fraction of sp³-hybridized carbons (Fsp3) is 0.318. The van der Waals surface area contributed by atoms with Crippen LogP contribution in [0.1, 0.15) is 17.8 Å². The number of anilines is 1. The number of hydrogen-bond donors (Lipinski definition) is 1. The van der Waals surface area contributed by atoms with Crippen molar-refractivity contribution in [3.63, 3.8) is 0 Å². The van der Waals surface area contributed by atoms with Crippen molar-refractivity contribution in [1.82, 2.24) is 19.7 Å². The van der Waals surface area contributed by atoms with Crippen LogP contribution in [0.5, 0.6) is 0 Å². The number of aryl methyl sites for hydroxylation is 2. The minimum absolute atomic E-state index is 0.370. The van der Waals surface area contributed by atoms with Gasteiger partial charge in [0.1, 0.15) is 5.58 Å². The second kappa shape index (κ2) is 5.90. The Balaban J connectivity index is 1.44. The molecule has 29 heavy (non-hydrogen) atoms. The summed E-state index contributed by atoms with van der Waals surface area (Å²) in [5.74, 6) is 0. The highest BCUT2D eigenvalue weighted by atomic mass is 16.4. The van der Waals surface area contributed by atoms with Gasteiger partial charge in [-0.15, -0.1) is 0 Å². The van der Waals surface area contributed by atoms with E-state index in [0.717, 1.165) is 41.2 Å². The molecule has 1 N–H and O–H groups in total. The van der Waals surface area contributed by atoms with Crippen molar-refractivity contribution in [2.45, 2.75) is 32.4 Å². The fourth-order valence-electron chi connectivity index (χ4n) is 4.77. The third-order valence-electron chi connectivity index (χ3n) is 6.11. The van der Waals surface area contributed by atoms with Gasteiger partial charge in [0.15, 0.2) is 5.65 Å². The first-order chi connectivity index (χ1) is 14.0. The van der Waals surface area contributed by atoms with Crippen molar-refractivity contribution in [1.29, 1.82) is 0 Å². The summed E-state index contributed by atoms with van der Waals surface area (Å²) in [7, 11) is 0. The Morgan fingerprint density at radius 2 is 2.07 bits per heavy atom. The van der Waals surface area contributed by atoms with E-state index in [0.29, 0.717) is 28.9 Å². The molecule has 0 spiro atoms. The second-order valence-corrected chi connectivity index (χ2v) is 8.14. The Hall–Kier alpha value is -3.19. The van der Waals surface area contributed by atoms with E-state index in [2.05, 4.69) is 26.3 Å². The highest BCUT2D eigenvalue weighted by Gasteiger charge is 2.37. The highest BCUT2D eigenvalue weighted by molar-refractivity contribution is 5.84. The molecule has 4 aromatic rings. The molecule has 5 heterocycles. The Morgan fingerprint density at radius 3 is 2.86 bits per heavy atom. The van der Waals surface area contributed by atoms with Crippen LogP contribution in [-0.2, 0) is 0 Å². The lowest BCUT2D eigenvalue weighted by atomic mass is 10.1. The number of benzene rings is 1. The van der Waals surface area contributed by atoms with Gasteiger partial charge in [-0.3, -0.25) is 4.98 Å². The van der Waals surface area contributed by atoms with E-state index in [1.54, 1.807) is 0 Å². The molecular formula is C22H21N5O2. The molecule has 2 fully saturated rings. The molecule has 2 atom stereocenters. The number of aromatic nitrogens is 3. The number of nitrogens with zero attached hydrogens (tertiary/aromatic N) is 4. The third kappa shape index (κ3) is 2.57. The molecule has 2 bridgehead atoms. The van der Waals surface area contributed by atoms with Crippen LogP contribution in [0.15, 0.2) is 45.9 Å². The molecule has 6 rings (SSSR count). The van der Waals surface area contributed by atoms with Crippen LogP contribution in [0, 0.1) is 13.8 Å². The molecule has 2 aliphatic heterocycles. The molecule has 0 aliphatic carbocycles. The van der Waals surface area contributed by atoms with E-state index >= 15 is 0 Å². The maximum Gasteiger partial charge on any atom is 0.345 e. The molecule has 0 radical (unpaired) electrons. The maximum absolute atomic E-state index is 12.8. The number of rotatable bonds is 2. The van der Waals surface area contributed by atoms with E-state index in [4.69, 9.17) is 4.42 Å². The Bertz CT molecular complexity index is 1340. The summed E-state index contributed by atoms with van der Waals surface area (Å²) in [6.07, 6.45) is 4.95. The summed E-state index contributed by atoms with van der Waals surface area (Å²) in [6.45, 7) is 5.89. The van der Waals surface area contributed by atoms with Crippen molar-refractivity contribution >= 4 is 22.3 Å². The first-order valence-corrected chi connectivity index (χ1v) is 9.96. The van der Waals surface area contributed by atoms with E-state index in [1.165, 1.54) is 6.42 Å². The van der Waals surface area contributed by atoms with Crippen molar-refractivity contribution in [2.75, 3.05) is 18.0 Å². The average Bonchev–Trinajstić information content (AvgIpc) is 3.42. The molecule has 2 saturated heterocycles. The zero-order chi connectivity index (χ0) is 19.7. The smallest absolute Gasteiger partial charge is 0.345 e. The van der Waals surface area contributed by atoms with Crippen LogP contribution in [0.2, 0.25) is 0 Å². The first kappa shape index (κ1) is 16.7. The molecule has 2 aliphatic rings. The molecule has 7 nitrogen and oxygen atoms in total. The largest absolute Gasteiger partial charge is 0.422 e. The van der Waals surface area contributed by atoms with Crippen molar-refractivity contribution < 1.29 is 4.42 Å². The molecule has 7 heteroatoms. The average molecular weight is 387 g/mol. The normalized spacial score (nSPS) is 21.0. The monoisotopic (exact) mass is 387 g/mol. The molecular weight excluding hydrogens is 366 g/mol. The molecule has 146 valence electrons. The lowest BCUT2D eigenvalue weighted by Gasteiger charge is -2.29. The molecule has 1 aromatic carbocycles. The van der Waals surface area contributed by atoms with E-state index in [1.807, 2.05) is 48.8 Å². The van der Waals surface area contributed by atoms with Gasteiger partial charge < -0.3 is 19.0 Å². The van der Waals surface area contributed by atoms with Crippen LogP contribution in [0.3, 0.4) is 0 Å². The van der Waals surface area contributed by atoms with Crippen LogP contribution >= 0.6 is 0 Å². The fourth-order valence-corrected chi connectivity index (χ4v) is 4.77. The Kier molecular flexibility index (Phi) is 3.41. The predicted octanol–water partition coefficient (Wildman–Crippen LogP) is 2.67. The van der Waals surface area contributed by atoms with Gasteiger partial charge in [0.2, 0.25) is 0 Å². The first-order valence-electron chi connectivity index (χ1n) is 9.96. The summed E-state index contributed by atoms with van der Waals surface area (Å²) in [5.41, 5.74) is 4.92. The van der Waals surface area contributed by atoms with Crippen LogP contribution < -0.4 is 15.8 Å². The van der Waals surface area contributed by atoms with Gasteiger partial charge in [-0.1, -0.05) is 0 Å². The third-order valence-corrected chi connectivity index (χ3v) is 6.11. The number of fused-ring (bicyclic) bond motifs is 4. The van der Waals surface area contributed by atoms with Crippen molar-refractivity contribution in [3.8, 4) is 11.3 Å². The number of hydrogen-bond acceptors (Lipinski definition) is 6. The van der Waals surface area contributed by atoms with Gasteiger partial charge in [-0.25, -0.2) is 9.78 Å². The maximum atomic E-state index is 12.8. The summed E-state index contributed by atoms with van der Waals surface area (Å²) in [6, 6.07) is 9.11. The summed E-state index contributed by atoms with van der Waals surface area (Å²) < 4.78 is 7.63. The van der Waals surface area contributed by atoms with Crippen LogP contribution in [-0.4, -0.2) is 39.5 Å². The highest BCUT2D eigenvalue weighted by Crippen LogP contribution is 2.32. The zero-order valence-electron chi connectivity index (χ0n) is 16.3. The topological polar surface area (TPSA) is 75.7 Å². The molecule has 0 saturated carbocycles. The van der Waals surface area contributed by atoms with Gasteiger partial charge in [0.05, 0.1) is 22.6 Å². The van der Waals surface area contributed by atoms with Gasteiger partial charge in [0.25, 0.3) is 0 Å². The van der Waals surface area contributed by atoms with Crippen LogP contribution in [0.4, 0.5) is 5.69 Å². The summed E-state index contributed by atoms with van der Waals surface area (Å²) in [4.78, 5) is 24.3. The lowest BCUT2D eigenvalue weighted by molar-refractivity contribution is 0.561. The molecule has 0 amide bonds. The van der Waals surface area contributed by atoms with Crippen molar-refractivity contribution in [3.05, 3.63) is 58.5 Å². The van der Waals surface area contributed by atoms with E-state index < -0.39 is 0 Å². The number of imidazole rings is 1. The zero-order valence-corrected chi connectivity index (χ0v) is 16.3. The SMILES string of the molecule is Cc1cn2cc(-c3cc4ccc(N5C[C@@H]6C[C@H]5CN6)cc4oc3=O)nc2c(C)n1. The second-order valence-electron chi connectivity index (χ2n) is 8.14. The number of piperazine rings is 1. The Morgan fingerprint density at radius 1 is 1.17 bits per heavy atom. The molecule has 0 unspecified atom stereocenters. The quantitative estimate of drug-likeness (QED) is 0.533. The minimum Gasteiger partial charge on any atom is -0.422 e. The number of nitrogens with one attached hydrogen (secondary N) is 1. The summed E-state index contributed by atoms with van der Waals surface area (Å²) in [5, 5.41) is 4.41.